The summed E-state index contributed by atoms with van der Waals surface area (Å²) in [6.07, 6.45) is 0. The molecule has 33 heavy (non-hydrogen) atoms. The Labute approximate surface area is 196 Å². The predicted octanol–water partition coefficient (Wildman–Crippen LogP) is 8.28. The lowest BCUT2D eigenvalue weighted by Crippen LogP contribution is -2.22. The topological polar surface area (TPSA) is 6.48 Å². The first-order valence-corrected chi connectivity index (χ1v) is 12.4. The van der Waals surface area contributed by atoms with Crippen molar-refractivity contribution in [1.29, 1.82) is 0 Å². The second-order valence-corrected chi connectivity index (χ2v) is 9.88. The molecule has 0 aromatic heterocycles. The highest BCUT2D eigenvalue weighted by molar-refractivity contribution is 7.70. The number of nitrogens with zero attached hydrogens (tertiary/aromatic N) is 2. The van der Waals surface area contributed by atoms with Crippen LogP contribution in [0.4, 0.5) is 22.7 Å². The summed E-state index contributed by atoms with van der Waals surface area (Å²) < 4.78 is 5.02. The van der Waals surface area contributed by atoms with Crippen LogP contribution in [0.15, 0.2) is 140 Å². The Morgan fingerprint density at radius 2 is 0.758 bits per heavy atom. The van der Waals surface area contributed by atoms with Crippen molar-refractivity contribution >= 4 is 36.3 Å². The van der Waals surface area contributed by atoms with Crippen LogP contribution in [0.5, 0.6) is 0 Å². The van der Waals surface area contributed by atoms with Gasteiger partial charge < -0.3 is 0 Å². The number of hydrogen-bond donors (Lipinski definition) is 0. The van der Waals surface area contributed by atoms with E-state index in [0.717, 1.165) is 0 Å². The monoisotopic (exact) mass is 442 g/mol. The quantitative estimate of drug-likeness (QED) is 0.258. The lowest BCUT2D eigenvalue weighted by molar-refractivity contribution is 1.44. The van der Waals surface area contributed by atoms with Crippen LogP contribution in [0.1, 0.15) is 0 Å². The molecule has 6 rings (SSSR count). The maximum Gasteiger partial charge on any atom is 0.138 e. The number of benzene rings is 5. The summed E-state index contributed by atoms with van der Waals surface area (Å²) in [5.41, 5.74) is 7.38. The SMILES string of the molecule is c1ccc(-c2ccc(P3N(c4ccccc4)c4ccccc4N3c3ccccc3)cc2)cc1. The van der Waals surface area contributed by atoms with E-state index in [1.54, 1.807) is 0 Å². The van der Waals surface area contributed by atoms with Crippen LogP contribution < -0.4 is 14.6 Å². The Morgan fingerprint density at radius 1 is 0.364 bits per heavy atom. The minimum atomic E-state index is -0.861. The molecule has 0 fully saturated rings. The lowest BCUT2D eigenvalue weighted by Gasteiger charge is -2.32. The molecule has 0 saturated carbocycles. The van der Waals surface area contributed by atoms with Crippen molar-refractivity contribution in [1.82, 2.24) is 0 Å². The van der Waals surface area contributed by atoms with Gasteiger partial charge in [0.2, 0.25) is 0 Å². The molecule has 0 spiro atoms. The second-order valence-electron chi connectivity index (χ2n) is 7.99. The molecule has 0 radical (unpaired) electrons. The fraction of sp³-hybridized carbons (Fsp3) is 0. The first kappa shape index (κ1) is 19.8. The van der Waals surface area contributed by atoms with E-state index in [9.17, 15) is 0 Å². The molecule has 5 aromatic rings. The smallest absolute Gasteiger partial charge is 0.138 e. The van der Waals surface area contributed by atoms with E-state index in [1.165, 1.54) is 39.2 Å². The standard InChI is InChI=1S/C30H23N2P/c1-4-12-24(13-5-1)25-20-22-28(23-21-25)33-31(26-14-6-2-7-15-26)29-18-10-11-19-30(29)32(33)27-16-8-3-9-17-27/h1-23H. The zero-order valence-electron chi connectivity index (χ0n) is 18.1. The third kappa shape index (κ3) is 3.59. The van der Waals surface area contributed by atoms with Gasteiger partial charge in [-0.15, -0.1) is 0 Å². The molecule has 0 amide bonds. The molecule has 2 nitrogen and oxygen atoms in total. The third-order valence-corrected chi connectivity index (χ3v) is 8.33. The van der Waals surface area contributed by atoms with Gasteiger partial charge in [-0.1, -0.05) is 103 Å². The lowest BCUT2D eigenvalue weighted by atomic mass is 10.1. The predicted molar refractivity (Wildman–Crippen MR) is 142 cm³/mol. The number of para-hydroxylation sites is 4. The van der Waals surface area contributed by atoms with Crippen molar-refractivity contribution in [2.45, 2.75) is 0 Å². The summed E-state index contributed by atoms with van der Waals surface area (Å²) in [4.78, 5) is 0. The van der Waals surface area contributed by atoms with E-state index < -0.39 is 8.22 Å². The number of fused-ring (bicyclic) bond motifs is 1. The van der Waals surface area contributed by atoms with Crippen molar-refractivity contribution in [2.24, 2.45) is 0 Å². The van der Waals surface area contributed by atoms with E-state index in [4.69, 9.17) is 0 Å². The Balaban J connectivity index is 1.52. The first-order chi connectivity index (χ1) is 16.4. The summed E-state index contributed by atoms with van der Waals surface area (Å²) >= 11 is 0. The highest BCUT2D eigenvalue weighted by atomic mass is 31.1. The average molecular weight is 443 g/mol. The van der Waals surface area contributed by atoms with Crippen LogP contribution >= 0.6 is 8.22 Å². The van der Waals surface area contributed by atoms with Crippen molar-refractivity contribution in [3.05, 3.63) is 140 Å². The van der Waals surface area contributed by atoms with Gasteiger partial charge in [0.05, 0.1) is 11.4 Å². The normalized spacial score (nSPS) is 13.2. The molecule has 0 bridgehead atoms. The molecule has 0 saturated heterocycles. The van der Waals surface area contributed by atoms with E-state index in [2.05, 4.69) is 149 Å². The summed E-state index contributed by atoms with van der Waals surface area (Å²) in [5, 5.41) is 1.31. The van der Waals surface area contributed by atoms with Gasteiger partial charge in [-0.25, -0.2) is 0 Å². The second kappa shape index (κ2) is 8.58. The highest BCUT2D eigenvalue weighted by Gasteiger charge is 2.39. The maximum atomic E-state index is 2.51. The van der Waals surface area contributed by atoms with Gasteiger partial charge >= 0.3 is 0 Å². The number of hydrogen-bond acceptors (Lipinski definition) is 2. The molecule has 0 unspecified atom stereocenters. The van der Waals surface area contributed by atoms with Gasteiger partial charge in [0.25, 0.3) is 0 Å². The summed E-state index contributed by atoms with van der Waals surface area (Å²) in [6, 6.07) is 49.9. The molecule has 5 aromatic carbocycles. The third-order valence-electron chi connectivity index (χ3n) is 5.92. The van der Waals surface area contributed by atoms with E-state index >= 15 is 0 Å². The van der Waals surface area contributed by atoms with Gasteiger partial charge in [0.1, 0.15) is 8.22 Å². The Kier molecular flexibility index (Phi) is 5.14. The minimum absolute atomic E-state index is 0.861. The molecular weight excluding hydrogens is 419 g/mol. The van der Waals surface area contributed by atoms with Crippen LogP contribution in [0.25, 0.3) is 11.1 Å². The van der Waals surface area contributed by atoms with Gasteiger partial charge in [0, 0.05) is 16.7 Å². The van der Waals surface area contributed by atoms with Crippen LogP contribution in [-0.2, 0) is 0 Å². The van der Waals surface area contributed by atoms with Gasteiger partial charge in [0.15, 0.2) is 0 Å². The fourth-order valence-corrected chi connectivity index (χ4v) is 6.91. The molecule has 158 valence electrons. The molecule has 0 N–H and O–H groups in total. The molecule has 0 aliphatic carbocycles. The highest BCUT2D eigenvalue weighted by Crippen LogP contribution is 2.64. The van der Waals surface area contributed by atoms with Crippen molar-refractivity contribution in [2.75, 3.05) is 9.34 Å². The molecule has 1 heterocycles. The molecule has 0 atom stereocenters. The van der Waals surface area contributed by atoms with Crippen LogP contribution in [0.3, 0.4) is 0 Å². The van der Waals surface area contributed by atoms with Gasteiger partial charge in [-0.3, -0.25) is 9.34 Å². The van der Waals surface area contributed by atoms with Crippen LogP contribution in [-0.4, -0.2) is 0 Å². The Hall–Kier alpha value is -3.87. The van der Waals surface area contributed by atoms with E-state index in [-0.39, 0.29) is 0 Å². The van der Waals surface area contributed by atoms with Crippen molar-refractivity contribution in [3.8, 4) is 11.1 Å². The molecular formula is C30H23N2P. The van der Waals surface area contributed by atoms with Gasteiger partial charge in [-0.05, 0) is 47.5 Å². The zero-order chi connectivity index (χ0) is 22.0. The van der Waals surface area contributed by atoms with Crippen molar-refractivity contribution in [3.63, 3.8) is 0 Å². The molecule has 1 aliphatic rings. The summed E-state index contributed by atoms with van der Waals surface area (Å²) in [7, 11) is -0.861. The Morgan fingerprint density at radius 3 is 1.24 bits per heavy atom. The van der Waals surface area contributed by atoms with Gasteiger partial charge in [-0.2, -0.15) is 0 Å². The summed E-state index contributed by atoms with van der Waals surface area (Å²) in [6.45, 7) is 0. The first-order valence-electron chi connectivity index (χ1n) is 11.1. The molecule has 3 heteroatoms. The van der Waals surface area contributed by atoms with Crippen LogP contribution in [0.2, 0.25) is 0 Å². The van der Waals surface area contributed by atoms with E-state index in [0.29, 0.717) is 0 Å². The minimum Gasteiger partial charge on any atom is -0.297 e. The van der Waals surface area contributed by atoms with Crippen molar-refractivity contribution < 1.29 is 0 Å². The average Bonchev–Trinajstić information content (AvgIpc) is 3.25. The molecule has 1 aliphatic heterocycles. The maximum absolute atomic E-state index is 2.51. The summed E-state index contributed by atoms with van der Waals surface area (Å²) in [5.74, 6) is 0. The number of rotatable bonds is 4. The van der Waals surface area contributed by atoms with E-state index in [1.807, 2.05) is 0 Å². The fourth-order valence-electron chi connectivity index (χ4n) is 4.40. The largest absolute Gasteiger partial charge is 0.297 e. The number of anilines is 4. The Bertz CT molecular complexity index is 1290. The van der Waals surface area contributed by atoms with Crippen LogP contribution in [0, 0.1) is 0 Å². The zero-order valence-corrected chi connectivity index (χ0v) is 19.0.